The van der Waals surface area contributed by atoms with E-state index in [9.17, 15) is 0 Å². The van der Waals surface area contributed by atoms with Gasteiger partial charge < -0.3 is 0 Å². The first kappa shape index (κ1) is 11.3. The summed E-state index contributed by atoms with van der Waals surface area (Å²) < 4.78 is 5.34. The van der Waals surface area contributed by atoms with Crippen molar-refractivity contribution in [2.75, 3.05) is 11.5 Å². The first-order valence-corrected chi connectivity index (χ1v) is 6.82. The van der Waals surface area contributed by atoms with Crippen molar-refractivity contribution in [3.8, 4) is 0 Å². The van der Waals surface area contributed by atoms with Crippen LogP contribution < -0.4 is 0 Å². The molecule has 2 nitrogen and oxygen atoms in total. The normalized spacial score (nSPS) is 10.6. The van der Waals surface area contributed by atoms with E-state index in [0.29, 0.717) is 0 Å². The van der Waals surface area contributed by atoms with Gasteiger partial charge in [0.05, 0.1) is 0 Å². The maximum Gasteiger partial charge on any atom is 0.170 e. The standard InChI is InChI=1S/C8H14N2S3/c1-2-7-9-8(13-10-7)12-6-4-3-5-11/h11H,2-6H2,1H3. The zero-order valence-corrected chi connectivity index (χ0v) is 10.2. The molecule has 0 aliphatic rings. The predicted molar refractivity (Wildman–Crippen MR) is 63.1 cm³/mol. The summed E-state index contributed by atoms with van der Waals surface area (Å²) in [5.74, 6) is 3.09. The van der Waals surface area contributed by atoms with Crippen molar-refractivity contribution < 1.29 is 0 Å². The molecule has 0 saturated heterocycles. The Morgan fingerprint density at radius 1 is 1.46 bits per heavy atom. The molecule has 0 aliphatic heterocycles. The van der Waals surface area contributed by atoms with Crippen LogP contribution in [0.3, 0.4) is 0 Å². The largest absolute Gasteiger partial charge is 0.213 e. The highest BCUT2D eigenvalue weighted by Crippen LogP contribution is 2.21. The lowest BCUT2D eigenvalue weighted by atomic mass is 10.4. The summed E-state index contributed by atoms with van der Waals surface area (Å²) in [6.45, 7) is 2.08. The minimum Gasteiger partial charge on any atom is -0.213 e. The Bertz CT molecular complexity index is 237. The lowest BCUT2D eigenvalue weighted by Crippen LogP contribution is -1.83. The fourth-order valence-electron chi connectivity index (χ4n) is 0.814. The summed E-state index contributed by atoms with van der Waals surface area (Å²) in [7, 11) is 0. The first-order valence-electron chi connectivity index (χ1n) is 4.43. The van der Waals surface area contributed by atoms with E-state index in [4.69, 9.17) is 0 Å². The molecular weight excluding hydrogens is 220 g/mol. The minimum atomic E-state index is 0.938. The molecule has 0 N–H and O–H groups in total. The monoisotopic (exact) mass is 234 g/mol. The van der Waals surface area contributed by atoms with Crippen molar-refractivity contribution in [3.63, 3.8) is 0 Å². The highest BCUT2D eigenvalue weighted by atomic mass is 32.2. The number of thiol groups is 1. The molecule has 1 aromatic heterocycles. The summed E-state index contributed by atoms with van der Waals surface area (Å²) in [6.07, 6.45) is 3.35. The van der Waals surface area contributed by atoms with Crippen LogP contribution >= 0.6 is 35.9 Å². The molecule has 0 fully saturated rings. The quantitative estimate of drug-likeness (QED) is 0.465. The van der Waals surface area contributed by atoms with Crippen LogP contribution in [0.4, 0.5) is 0 Å². The van der Waals surface area contributed by atoms with Gasteiger partial charge in [0.15, 0.2) is 4.34 Å². The van der Waals surface area contributed by atoms with Crippen LogP contribution in [0.5, 0.6) is 0 Å². The summed E-state index contributed by atoms with van der Waals surface area (Å²) in [4.78, 5) is 4.38. The van der Waals surface area contributed by atoms with Crippen molar-refractivity contribution in [1.82, 2.24) is 9.36 Å². The first-order chi connectivity index (χ1) is 6.36. The van der Waals surface area contributed by atoms with E-state index in [1.165, 1.54) is 24.4 Å². The van der Waals surface area contributed by atoms with Gasteiger partial charge in [-0.25, -0.2) is 4.98 Å². The van der Waals surface area contributed by atoms with Crippen molar-refractivity contribution in [3.05, 3.63) is 5.82 Å². The molecule has 1 aromatic rings. The Morgan fingerprint density at radius 3 is 2.92 bits per heavy atom. The second kappa shape index (κ2) is 6.68. The number of rotatable bonds is 6. The second-order valence-corrected chi connectivity index (χ2v) is 5.15. The molecule has 1 rings (SSSR count). The fraction of sp³-hybridized carbons (Fsp3) is 0.750. The molecule has 74 valence electrons. The molecule has 0 radical (unpaired) electrons. The zero-order valence-electron chi connectivity index (χ0n) is 7.69. The predicted octanol–water partition coefficient (Wildman–Crippen LogP) is 2.90. The van der Waals surface area contributed by atoms with Gasteiger partial charge in [-0.3, -0.25) is 0 Å². The zero-order chi connectivity index (χ0) is 9.52. The van der Waals surface area contributed by atoms with Gasteiger partial charge in [0.2, 0.25) is 0 Å². The van der Waals surface area contributed by atoms with E-state index < -0.39 is 0 Å². The van der Waals surface area contributed by atoms with Crippen LogP contribution in [0.25, 0.3) is 0 Å². The molecule has 0 aromatic carbocycles. The summed E-state index contributed by atoms with van der Waals surface area (Å²) in [5, 5.41) is 0. The van der Waals surface area contributed by atoms with Crippen LogP contribution in [0.2, 0.25) is 0 Å². The molecule has 0 unspecified atom stereocenters. The smallest absolute Gasteiger partial charge is 0.170 e. The lowest BCUT2D eigenvalue weighted by Gasteiger charge is -1.94. The Morgan fingerprint density at radius 2 is 2.31 bits per heavy atom. The van der Waals surface area contributed by atoms with E-state index in [-0.39, 0.29) is 0 Å². The van der Waals surface area contributed by atoms with Gasteiger partial charge in [-0.15, -0.1) is 0 Å². The second-order valence-electron chi connectivity index (χ2n) is 2.61. The van der Waals surface area contributed by atoms with Crippen molar-refractivity contribution in [2.45, 2.75) is 30.5 Å². The van der Waals surface area contributed by atoms with Crippen LogP contribution in [-0.4, -0.2) is 20.9 Å². The summed E-state index contributed by atoms with van der Waals surface area (Å²) in [6, 6.07) is 0. The number of nitrogens with zero attached hydrogens (tertiary/aromatic N) is 2. The average molecular weight is 234 g/mol. The summed E-state index contributed by atoms with van der Waals surface area (Å²) >= 11 is 7.49. The topological polar surface area (TPSA) is 25.8 Å². The maximum atomic E-state index is 4.38. The molecule has 1 heterocycles. The molecule has 0 spiro atoms. The van der Waals surface area contributed by atoms with E-state index >= 15 is 0 Å². The van der Waals surface area contributed by atoms with Gasteiger partial charge in [0.1, 0.15) is 5.82 Å². The molecule has 0 atom stereocenters. The van der Waals surface area contributed by atoms with E-state index in [1.54, 1.807) is 0 Å². The molecule has 0 aliphatic carbocycles. The van der Waals surface area contributed by atoms with E-state index in [2.05, 4.69) is 28.9 Å². The number of thioether (sulfide) groups is 1. The van der Waals surface area contributed by atoms with E-state index in [0.717, 1.165) is 28.1 Å². The third-order valence-electron chi connectivity index (χ3n) is 1.54. The molecule has 5 heteroatoms. The maximum absolute atomic E-state index is 4.38. The van der Waals surface area contributed by atoms with Crippen LogP contribution in [0.15, 0.2) is 4.34 Å². The van der Waals surface area contributed by atoms with E-state index in [1.807, 2.05) is 11.8 Å². The van der Waals surface area contributed by atoms with Gasteiger partial charge in [0, 0.05) is 12.2 Å². The summed E-state index contributed by atoms with van der Waals surface area (Å²) in [5.41, 5.74) is 0. The molecule has 0 bridgehead atoms. The van der Waals surface area contributed by atoms with Crippen LogP contribution in [0.1, 0.15) is 25.6 Å². The lowest BCUT2D eigenvalue weighted by molar-refractivity contribution is 0.907. The van der Waals surface area contributed by atoms with Gasteiger partial charge >= 0.3 is 0 Å². The third-order valence-corrected chi connectivity index (χ3v) is 3.82. The van der Waals surface area contributed by atoms with Gasteiger partial charge in [0.25, 0.3) is 0 Å². The van der Waals surface area contributed by atoms with Crippen LogP contribution in [0, 0.1) is 0 Å². The Balaban J connectivity index is 2.20. The Hall–Kier alpha value is 0.260. The van der Waals surface area contributed by atoms with Gasteiger partial charge in [-0.1, -0.05) is 18.7 Å². The molecule has 0 amide bonds. The van der Waals surface area contributed by atoms with Crippen molar-refractivity contribution in [1.29, 1.82) is 0 Å². The number of hydrogen-bond donors (Lipinski definition) is 1. The SMILES string of the molecule is CCc1nsc(SCCCCS)n1. The third kappa shape index (κ3) is 4.33. The fourth-order valence-corrected chi connectivity index (χ4v) is 2.80. The number of aromatic nitrogens is 2. The Kier molecular flexibility index (Phi) is 5.82. The van der Waals surface area contributed by atoms with Gasteiger partial charge in [-0.2, -0.15) is 17.0 Å². The highest BCUT2D eigenvalue weighted by Gasteiger charge is 2.01. The van der Waals surface area contributed by atoms with Crippen molar-refractivity contribution >= 4 is 35.9 Å². The Labute approximate surface area is 93.1 Å². The van der Waals surface area contributed by atoms with Crippen LogP contribution in [-0.2, 0) is 6.42 Å². The highest BCUT2D eigenvalue weighted by molar-refractivity contribution is 8.00. The molecule has 13 heavy (non-hydrogen) atoms. The van der Waals surface area contributed by atoms with Gasteiger partial charge in [-0.05, 0) is 30.1 Å². The average Bonchev–Trinajstić information content (AvgIpc) is 2.60. The number of aryl methyl sites for hydroxylation is 1. The van der Waals surface area contributed by atoms with Crippen molar-refractivity contribution in [2.24, 2.45) is 0 Å². The molecule has 0 saturated carbocycles. The minimum absolute atomic E-state index is 0.938. The molecular formula is C8H14N2S3. The number of unbranched alkanes of at least 4 members (excludes halogenated alkanes) is 1. The number of hydrogen-bond acceptors (Lipinski definition) is 5.